The molecule has 1 aromatic carbocycles. The van der Waals surface area contributed by atoms with Gasteiger partial charge in [-0.3, -0.25) is 14.7 Å². The molecule has 5 heteroatoms. The van der Waals surface area contributed by atoms with Gasteiger partial charge in [0.1, 0.15) is 11.6 Å². The third kappa shape index (κ3) is 2.50. The predicted molar refractivity (Wildman–Crippen MR) is 60.7 cm³/mol. The van der Waals surface area contributed by atoms with E-state index in [1.165, 1.54) is 41.9 Å². The summed E-state index contributed by atoms with van der Waals surface area (Å²) in [4.78, 5) is 22.6. The Hall–Kier alpha value is -2.17. The quantitative estimate of drug-likeness (QED) is 0.873. The van der Waals surface area contributed by atoms with Gasteiger partial charge in [-0.1, -0.05) is 0 Å². The van der Waals surface area contributed by atoms with Crippen LogP contribution in [-0.4, -0.2) is 15.6 Å². The van der Waals surface area contributed by atoms with Crippen molar-refractivity contribution in [3.05, 3.63) is 52.2 Å². The molecule has 0 amide bonds. The van der Waals surface area contributed by atoms with Gasteiger partial charge in [0.15, 0.2) is 0 Å². The van der Waals surface area contributed by atoms with Crippen molar-refractivity contribution in [3.63, 3.8) is 0 Å². The highest BCUT2D eigenvalue weighted by Gasteiger charge is 2.06. The number of rotatable bonds is 3. The number of aromatic amines is 1. The molecule has 0 radical (unpaired) electrons. The number of nitrogens with zero attached hydrogens (tertiary/aromatic N) is 1. The molecule has 0 aliphatic rings. The van der Waals surface area contributed by atoms with Crippen LogP contribution in [0.2, 0.25) is 0 Å². The van der Waals surface area contributed by atoms with E-state index in [1.54, 1.807) is 0 Å². The van der Waals surface area contributed by atoms with Crippen molar-refractivity contribution in [3.8, 4) is 5.69 Å². The first-order valence-electron chi connectivity index (χ1n) is 5.12. The highest BCUT2D eigenvalue weighted by molar-refractivity contribution is 5.77. The zero-order chi connectivity index (χ0) is 12.4. The third-order valence-corrected chi connectivity index (χ3v) is 2.30. The summed E-state index contributed by atoms with van der Waals surface area (Å²) in [6.45, 7) is 1.45. The number of hydrogen-bond acceptors (Lipinski definition) is 2. The predicted octanol–water partition coefficient (Wildman–Crippen LogP) is 1.44. The van der Waals surface area contributed by atoms with E-state index in [2.05, 4.69) is 5.10 Å². The fraction of sp³-hybridized carbons (Fsp3) is 0.167. The van der Waals surface area contributed by atoms with E-state index >= 15 is 0 Å². The van der Waals surface area contributed by atoms with E-state index in [0.717, 1.165) is 0 Å². The van der Waals surface area contributed by atoms with Crippen LogP contribution >= 0.6 is 0 Å². The van der Waals surface area contributed by atoms with Gasteiger partial charge in [-0.2, -0.15) is 0 Å². The lowest BCUT2D eigenvalue weighted by Crippen LogP contribution is -2.13. The van der Waals surface area contributed by atoms with Crippen molar-refractivity contribution in [1.82, 2.24) is 9.78 Å². The molecule has 0 bridgehead atoms. The molecule has 0 aliphatic heterocycles. The largest absolute Gasteiger partial charge is 0.300 e. The first-order chi connectivity index (χ1) is 8.06. The van der Waals surface area contributed by atoms with E-state index < -0.39 is 0 Å². The van der Waals surface area contributed by atoms with E-state index in [9.17, 15) is 14.0 Å². The standard InChI is InChI=1S/C12H11FN2O2/c1-8(16)6-10-7-12(17)15(14-10)11-4-2-9(13)3-5-11/h2-5,7,14H,6H2,1H3. The molecule has 0 unspecified atom stereocenters. The number of H-pyrrole nitrogens is 1. The number of benzene rings is 1. The summed E-state index contributed by atoms with van der Waals surface area (Å²) in [6, 6.07) is 6.89. The summed E-state index contributed by atoms with van der Waals surface area (Å²) in [5.74, 6) is -0.394. The maximum Gasteiger partial charge on any atom is 0.271 e. The molecule has 17 heavy (non-hydrogen) atoms. The van der Waals surface area contributed by atoms with Gasteiger partial charge in [-0.05, 0) is 31.2 Å². The maximum absolute atomic E-state index is 12.7. The zero-order valence-corrected chi connectivity index (χ0v) is 9.24. The molecule has 0 spiro atoms. The summed E-state index contributed by atoms with van der Waals surface area (Å²) in [7, 11) is 0. The van der Waals surface area contributed by atoms with Gasteiger partial charge in [-0.15, -0.1) is 0 Å². The molecule has 0 saturated heterocycles. The van der Waals surface area contributed by atoms with Gasteiger partial charge in [0.2, 0.25) is 0 Å². The van der Waals surface area contributed by atoms with Crippen LogP contribution in [0.3, 0.4) is 0 Å². The molecular weight excluding hydrogens is 223 g/mol. The number of carbonyl (C=O) groups is 1. The summed E-state index contributed by atoms with van der Waals surface area (Å²) in [5, 5.41) is 2.81. The second-order valence-corrected chi connectivity index (χ2v) is 3.81. The average Bonchev–Trinajstić information content (AvgIpc) is 2.59. The van der Waals surface area contributed by atoms with E-state index in [1.807, 2.05) is 0 Å². The van der Waals surface area contributed by atoms with Crippen molar-refractivity contribution in [2.24, 2.45) is 0 Å². The molecule has 2 aromatic rings. The van der Waals surface area contributed by atoms with Gasteiger partial charge >= 0.3 is 0 Å². The fourth-order valence-electron chi connectivity index (χ4n) is 1.59. The lowest BCUT2D eigenvalue weighted by molar-refractivity contribution is -0.116. The topological polar surface area (TPSA) is 54.9 Å². The van der Waals surface area contributed by atoms with Gasteiger partial charge in [0.25, 0.3) is 5.56 Å². The number of nitrogens with one attached hydrogen (secondary N) is 1. The Bertz CT molecular complexity index is 596. The van der Waals surface area contributed by atoms with Crippen molar-refractivity contribution in [1.29, 1.82) is 0 Å². The highest BCUT2D eigenvalue weighted by atomic mass is 19.1. The van der Waals surface area contributed by atoms with Gasteiger partial charge < -0.3 is 0 Å². The second-order valence-electron chi connectivity index (χ2n) is 3.81. The molecule has 0 fully saturated rings. The first-order valence-corrected chi connectivity index (χ1v) is 5.12. The number of carbonyl (C=O) groups excluding carboxylic acids is 1. The minimum atomic E-state index is -0.364. The number of aromatic nitrogens is 2. The van der Waals surface area contributed by atoms with Crippen molar-refractivity contribution in [2.45, 2.75) is 13.3 Å². The Morgan fingerprint density at radius 3 is 2.59 bits per heavy atom. The van der Waals surface area contributed by atoms with Crippen LogP contribution in [-0.2, 0) is 11.2 Å². The van der Waals surface area contributed by atoms with Crippen LogP contribution in [0.1, 0.15) is 12.6 Å². The number of hydrogen-bond donors (Lipinski definition) is 1. The highest BCUT2D eigenvalue weighted by Crippen LogP contribution is 2.06. The molecular formula is C12H11FN2O2. The number of ketones is 1. The van der Waals surface area contributed by atoms with Crippen LogP contribution < -0.4 is 5.56 Å². The fourth-order valence-corrected chi connectivity index (χ4v) is 1.59. The Morgan fingerprint density at radius 2 is 2.00 bits per heavy atom. The van der Waals surface area contributed by atoms with E-state index in [0.29, 0.717) is 11.4 Å². The Kier molecular flexibility index (Phi) is 2.91. The maximum atomic E-state index is 12.7. The van der Waals surface area contributed by atoms with Crippen LogP contribution in [0.25, 0.3) is 5.69 Å². The second kappa shape index (κ2) is 4.37. The SMILES string of the molecule is CC(=O)Cc1cc(=O)n(-c2ccc(F)cc2)[nH]1. The third-order valence-electron chi connectivity index (χ3n) is 2.30. The van der Waals surface area contributed by atoms with Crippen LogP contribution in [0.4, 0.5) is 4.39 Å². The van der Waals surface area contributed by atoms with Crippen LogP contribution in [0.15, 0.2) is 35.1 Å². The first kappa shape index (κ1) is 11.3. The van der Waals surface area contributed by atoms with Gasteiger partial charge in [0, 0.05) is 18.2 Å². The summed E-state index contributed by atoms with van der Waals surface area (Å²) in [5.41, 5.74) is 0.811. The van der Waals surface area contributed by atoms with Gasteiger partial charge in [0.05, 0.1) is 5.69 Å². The molecule has 0 atom stereocenters. The molecule has 1 heterocycles. The lowest BCUT2D eigenvalue weighted by Gasteiger charge is -2.01. The lowest BCUT2D eigenvalue weighted by atomic mass is 10.2. The van der Waals surface area contributed by atoms with Crippen molar-refractivity contribution in [2.75, 3.05) is 0 Å². The average molecular weight is 234 g/mol. The summed E-state index contributed by atoms with van der Waals surface area (Å²) in [6.07, 6.45) is 0.184. The molecule has 88 valence electrons. The minimum Gasteiger partial charge on any atom is -0.300 e. The smallest absolute Gasteiger partial charge is 0.271 e. The Morgan fingerprint density at radius 1 is 1.35 bits per heavy atom. The molecule has 0 saturated carbocycles. The van der Waals surface area contributed by atoms with E-state index in [-0.39, 0.29) is 23.6 Å². The Balaban J connectivity index is 2.39. The monoisotopic (exact) mass is 234 g/mol. The molecule has 1 N–H and O–H groups in total. The summed E-state index contributed by atoms with van der Waals surface area (Å²) < 4.78 is 14.0. The summed E-state index contributed by atoms with van der Waals surface area (Å²) >= 11 is 0. The molecule has 2 rings (SSSR count). The van der Waals surface area contributed by atoms with E-state index in [4.69, 9.17) is 0 Å². The normalized spacial score (nSPS) is 10.5. The molecule has 4 nitrogen and oxygen atoms in total. The van der Waals surface area contributed by atoms with Gasteiger partial charge in [-0.25, -0.2) is 9.07 Å². The number of halogens is 1. The van der Waals surface area contributed by atoms with Crippen LogP contribution in [0.5, 0.6) is 0 Å². The molecule has 1 aromatic heterocycles. The van der Waals surface area contributed by atoms with Crippen LogP contribution in [0, 0.1) is 5.82 Å². The van der Waals surface area contributed by atoms with Crippen molar-refractivity contribution < 1.29 is 9.18 Å². The zero-order valence-electron chi connectivity index (χ0n) is 9.24. The Labute approximate surface area is 96.7 Å². The molecule has 0 aliphatic carbocycles. The number of Topliss-reactive ketones (excluding diaryl/α,β-unsaturated/α-hetero) is 1. The minimum absolute atomic E-state index is 0.0301. The van der Waals surface area contributed by atoms with Crippen molar-refractivity contribution >= 4 is 5.78 Å².